The summed E-state index contributed by atoms with van der Waals surface area (Å²) in [4.78, 5) is 4.34. The monoisotopic (exact) mass is 269 g/mol. The fourth-order valence-electron chi connectivity index (χ4n) is 3.82. The Morgan fingerprint density at radius 3 is 2.90 bits per heavy atom. The van der Waals surface area contributed by atoms with Crippen molar-refractivity contribution in [2.24, 2.45) is 18.9 Å². The largest absolute Gasteiger partial charge is 0.381 e. The number of aryl methyl sites for hydroxylation is 1. The molecule has 5 nitrogen and oxygen atoms in total. The van der Waals surface area contributed by atoms with Crippen LogP contribution in [0, 0.1) is 11.8 Å². The zero-order valence-electron chi connectivity index (χ0n) is 11.7. The average Bonchev–Trinajstić information content (AvgIpc) is 3.15. The fraction of sp³-hybridized carbons (Fsp3) is 0.533. The molecule has 1 N–H and O–H groups in total. The van der Waals surface area contributed by atoms with Gasteiger partial charge in [-0.15, -0.1) is 10.2 Å². The van der Waals surface area contributed by atoms with Gasteiger partial charge in [0.1, 0.15) is 6.33 Å². The summed E-state index contributed by atoms with van der Waals surface area (Å²) in [7, 11) is 1.95. The third-order valence-corrected chi connectivity index (χ3v) is 4.80. The molecular weight excluding hydrogens is 250 g/mol. The number of rotatable bonds is 3. The van der Waals surface area contributed by atoms with Crippen molar-refractivity contribution < 1.29 is 0 Å². The van der Waals surface area contributed by atoms with Crippen molar-refractivity contribution in [3.63, 3.8) is 0 Å². The average molecular weight is 269 g/mol. The molecule has 2 aliphatic carbocycles. The lowest BCUT2D eigenvalue weighted by molar-refractivity contribution is 0.439. The van der Waals surface area contributed by atoms with Gasteiger partial charge in [0.05, 0.1) is 5.69 Å². The third-order valence-electron chi connectivity index (χ3n) is 4.80. The maximum atomic E-state index is 4.34. The van der Waals surface area contributed by atoms with Crippen molar-refractivity contribution in [3.05, 3.63) is 24.8 Å². The van der Waals surface area contributed by atoms with Gasteiger partial charge >= 0.3 is 0 Å². The first-order valence-electron chi connectivity index (χ1n) is 7.35. The lowest BCUT2D eigenvalue weighted by Gasteiger charge is -2.24. The molecule has 2 bridgehead atoms. The van der Waals surface area contributed by atoms with Crippen LogP contribution in [-0.2, 0) is 7.05 Å². The van der Waals surface area contributed by atoms with Gasteiger partial charge in [-0.2, -0.15) is 0 Å². The van der Waals surface area contributed by atoms with Gasteiger partial charge in [0.2, 0.25) is 0 Å². The highest BCUT2D eigenvalue weighted by Crippen LogP contribution is 2.45. The smallest absolute Gasteiger partial charge is 0.165 e. The fourth-order valence-corrected chi connectivity index (χ4v) is 3.82. The molecule has 3 atom stereocenters. The molecular formula is C15H19N5. The number of nitrogens with zero attached hydrogens (tertiary/aromatic N) is 4. The van der Waals surface area contributed by atoms with Crippen molar-refractivity contribution in [1.82, 2.24) is 19.7 Å². The minimum Gasteiger partial charge on any atom is -0.381 e. The van der Waals surface area contributed by atoms with E-state index in [1.165, 1.54) is 25.7 Å². The molecule has 0 spiro atoms. The molecule has 0 aromatic carbocycles. The Bertz CT molecular complexity index is 620. The van der Waals surface area contributed by atoms with Gasteiger partial charge in [-0.25, -0.2) is 0 Å². The molecule has 3 unspecified atom stereocenters. The lowest BCUT2D eigenvalue weighted by Crippen LogP contribution is -2.25. The van der Waals surface area contributed by atoms with Crippen LogP contribution in [0.1, 0.15) is 25.7 Å². The van der Waals surface area contributed by atoms with E-state index in [9.17, 15) is 0 Å². The van der Waals surface area contributed by atoms with Crippen LogP contribution in [0.3, 0.4) is 0 Å². The van der Waals surface area contributed by atoms with Crippen LogP contribution in [0.2, 0.25) is 0 Å². The molecule has 2 heterocycles. The zero-order valence-corrected chi connectivity index (χ0v) is 11.7. The molecule has 0 radical (unpaired) electrons. The van der Waals surface area contributed by atoms with Gasteiger partial charge in [-0.05, 0) is 37.2 Å². The van der Waals surface area contributed by atoms with Crippen molar-refractivity contribution in [1.29, 1.82) is 0 Å². The third kappa shape index (κ3) is 1.97. The van der Waals surface area contributed by atoms with Gasteiger partial charge in [0.25, 0.3) is 0 Å². The van der Waals surface area contributed by atoms with E-state index >= 15 is 0 Å². The number of hydrogen-bond donors (Lipinski definition) is 1. The van der Waals surface area contributed by atoms with Crippen molar-refractivity contribution in [2.45, 2.75) is 31.7 Å². The van der Waals surface area contributed by atoms with Crippen LogP contribution >= 0.6 is 0 Å². The molecule has 2 fully saturated rings. The first-order chi connectivity index (χ1) is 9.79. The number of nitrogens with one attached hydrogen (secondary N) is 1. The molecule has 2 aromatic heterocycles. The van der Waals surface area contributed by atoms with E-state index in [0.29, 0.717) is 6.04 Å². The Morgan fingerprint density at radius 2 is 2.20 bits per heavy atom. The van der Waals surface area contributed by atoms with E-state index < -0.39 is 0 Å². The van der Waals surface area contributed by atoms with Gasteiger partial charge in [0, 0.05) is 31.0 Å². The highest BCUT2D eigenvalue weighted by molar-refractivity contribution is 5.60. The molecule has 0 aliphatic heterocycles. The Balaban J connectivity index is 1.56. The van der Waals surface area contributed by atoms with Crippen LogP contribution in [0.25, 0.3) is 11.4 Å². The van der Waals surface area contributed by atoms with E-state index in [4.69, 9.17) is 0 Å². The number of anilines is 1. The summed E-state index contributed by atoms with van der Waals surface area (Å²) >= 11 is 0. The van der Waals surface area contributed by atoms with E-state index in [1.54, 1.807) is 6.33 Å². The highest BCUT2D eigenvalue weighted by Gasteiger charge is 2.39. The molecule has 0 saturated heterocycles. The second-order valence-corrected chi connectivity index (χ2v) is 6.15. The summed E-state index contributed by atoms with van der Waals surface area (Å²) in [6.45, 7) is 0. The second-order valence-electron chi connectivity index (χ2n) is 6.15. The molecule has 0 amide bonds. The van der Waals surface area contributed by atoms with Crippen molar-refractivity contribution in [3.8, 4) is 11.4 Å². The molecule has 5 heteroatoms. The second kappa shape index (κ2) is 4.58. The van der Waals surface area contributed by atoms with Gasteiger partial charge in [-0.3, -0.25) is 4.98 Å². The van der Waals surface area contributed by atoms with Crippen molar-refractivity contribution >= 4 is 5.69 Å². The van der Waals surface area contributed by atoms with Crippen LogP contribution in [0.5, 0.6) is 0 Å². The predicted molar refractivity (Wildman–Crippen MR) is 77.1 cm³/mol. The molecule has 20 heavy (non-hydrogen) atoms. The Hall–Kier alpha value is -1.91. The summed E-state index contributed by atoms with van der Waals surface area (Å²) < 4.78 is 1.92. The maximum absolute atomic E-state index is 4.34. The Morgan fingerprint density at radius 1 is 1.25 bits per heavy atom. The van der Waals surface area contributed by atoms with Gasteiger partial charge < -0.3 is 9.88 Å². The standard InChI is InChI=1S/C15H19N5/c1-20-9-17-19-15(20)12-6-13(8-16-7-12)18-14-5-10-2-3-11(14)4-10/h6-11,14,18H,2-5H2,1H3. The van der Waals surface area contributed by atoms with Crippen molar-refractivity contribution in [2.75, 3.05) is 5.32 Å². The summed E-state index contributed by atoms with van der Waals surface area (Å²) in [6.07, 6.45) is 11.0. The number of fused-ring (bicyclic) bond motifs is 2. The minimum atomic E-state index is 0.630. The first-order valence-corrected chi connectivity index (χ1v) is 7.35. The van der Waals surface area contributed by atoms with Crippen LogP contribution < -0.4 is 5.32 Å². The summed E-state index contributed by atoms with van der Waals surface area (Å²) in [5.74, 6) is 2.67. The van der Waals surface area contributed by atoms with Crippen LogP contribution in [0.4, 0.5) is 5.69 Å². The zero-order chi connectivity index (χ0) is 13.5. The SMILES string of the molecule is Cn1cnnc1-c1cncc(NC2CC3CCC2C3)c1. The Kier molecular flexibility index (Phi) is 2.72. The summed E-state index contributed by atoms with van der Waals surface area (Å²) in [5.41, 5.74) is 2.11. The first kappa shape index (κ1) is 11.9. The van der Waals surface area contributed by atoms with E-state index in [-0.39, 0.29) is 0 Å². The maximum Gasteiger partial charge on any atom is 0.165 e. The minimum absolute atomic E-state index is 0.630. The summed E-state index contributed by atoms with van der Waals surface area (Å²) in [5, 5.41) is 11.7. The lowest BCUT2D eigenvalue weighted by atomic mass is 9.95. The van der Waals surface area contributed by atoms with E-state index in [1.807, 2.05) is 24.0 Å². The highest BCUT2D eigenvalue weighted by atomic mass is 15.2. The number of pyridine rings is 1. The van der Waals surface area contributed by atoms with Crippen LogP contribution in [-0.4, -0.2) is 25.8 Å². The Labute approximate surface area is 118 Å². The number of aromatic nitrogens is 4. The molecule has 2 aromatic rings. The normalized spacial score (nSPS) is 27.9. The molecule has 104 valence electrons. The van der Waals surface area contributed by atoms with Crippen LogP contribution in [0.15, 0.2) is 24.8 Å². The molecule has 2 aliphatic rings. The topological polar surface area (TPSA) is 55.6 Å². The number of hydrogen-bond acceptors (Lipinski definition) is 4. The summed E-state index contributed by atoms with van der Waals surface area (Å²) in [6, 6.07) is 2.76. The molecule has 4 rings (SSSR count). The predicted octanol–water partition coefficient (Wildman–Crippen LogP) is 2.48. The quantitative estimate of drug-likeness (QED) is 0.930. The van der Waals surface area contributed by atoms with Gasteiger partial charge in [-0.1, -0.05) is 6.42 Å². The molecule has 2 saturated carbocycles. The van der Waals surface area contributed by atoms with Gasteiger partial charge in [0.15, 0.2) is 5.82 Å². The van der Waals surface area contributed by atoms with E-state index in [0.717, 1.165) is 28.9 Å². The van der Waals surface area contributed by atoms with E-state index in [2.05, 4.69) is 26.6 Å².